The van der Waals surface area contributed by atoms with Crippen molar-refractivity contribution in [3.05, 3.63) is 30.9 Å². The second kappa shape index (κ2) is 6.16. The zero-order valence-electron chi connectivity index (χ0n) is 10.4. The molecule has 1 unspecified atom stereocenters. The second-order valence-electron chi connectivity index (χ2n) is 4.19. The molecule has 0 aromatic carbocycles. The van der Waals surface area contributed by atoms with Crippen molar-refractivity contribution in [1.29, 1.82) is 0 Å². The molecule has 16 heavy (non-hydrogen) atoms. The van der Waals surface area contributed by atoms with Crippen molar-refractivity contribution >= 4 is 11.6 Å². The summed E-state index contributed by atoms with van der Waals surface area (Å²) in [4.78, 5) is 6.51. The quantitative estimate of drug-likeness (QED) is 0.746. The molecule has 0 bridgehead atoms. The van der Waals surface area contributed by atoms with Gasteiger partial charge in [0.15, 0.2) is 0 Å². The Kier molecular flexibility index (Phi) is 4.83. The lowest BCUT2D eigenvalue weighted by Gasteiger charge is -2.16. The molecule has 0 amide bonds. The summed E-state index contributed by atoms with van der Waals surface area (Å²) in [6.07, 6.45) is 4.06. The Balaban J connectivity index is 2.59. The molecule has 0 aliphatic carbocycles. The lowest BCUT2D eigenvalue weighted by Crippen LogP contribution is -2.17. The van der Waals surface area contributed by atoms with Crippen LogP contribution in [0.3, 0.4) is 0 Å². The first-order valence-electron chi connectivity index (χ1n) is 5.65. The van der Waals surface area contributed by atoms with Crippen LogP contribution in [-0.2, 0) is 0 Å². The SMILES string of the molecule is C=CCCC(C)Nc1cccc(N(C)C)n1. The molecule has 3 heteroatoms. The molecular formula is C13H21N3. The number of hydrogen-bond donors (Lipinski definition) is 1. The zero-order valence-corrected chi connectivity index (χ0v) is 10.4. The molecule has 0 fully saturated rings. The number of allylic oxidation sites excluding steroid dienone is 1. The fourth-order valence-electron chi connectivity index (χ4n) is 1.45. The predicted octanol–water partition coefficient (Wildman–Crippen LogP) is 2.91. The largest absolute Gasteiger partial charge is 0.368 e. The van der Waals surface area contributed by atoms with Gasteiger partial charge in [-0.3, -0.25) is 0 Å². The Morgan fingerprint density at radius 1 is 1.50 bits per heavy atom. The molecule has 3 nitrogen and oxygen atoms in total. The van der Waals surface area contributed by atoms with Crippen molar-refractivity contribution in [3.8, 4) is 0 Å². The number of nitrogens with zero attached hydrogens (tertiary/aromatic N) is 2. The van der Waals surface area contributed by atoms with Gasteiger partial charge in [-0.2, -0.15) is 0 Å². The van der Waals surface area contributed by atoms with Crippen LogP contribution in [0.5, 0.6) is 0 Å². The monoisotopic (exact) mass is 219 g/mol. The molecule has 0 aliphatic heterocycles. The van der Waals surface area contributed by atoms with Gasteiger partial charge in [0.25, 0.3) is 0 Å². The van der Waals surface area contributed by atoms with Gasteiger partial charge in [0, 0.05) is 20.1 Å². The van der Waals surface area contributed by atoms with Crippen LogP contribution < -0.4 is 10.2 Å². The maximum atomic E-state index is 4.51. The Hall–Kier alpha value is -1.51. The minimum Gasteiger partial charge on any atom is -0.368 e. The summed E-state index contributed by atoms with van der Waals surface area (Å²) < 4.78 is 0. The highest BCUT2D eigenvalue weighted by molar-refractivity contribution is 5.46. The molecule has 1 atom stereocenters. The molecule has 0 aliphatic rings. The molecular weight excluding hydrogens is 198 g/mol. The number of nitrogens with one attached hydrogen (secondary N) is 1. The van der Waals surface area contributed by atoms with Gasteiger partial charge < -0.3 is 10.2 Å². The molecule has 0 spiro atoms. The maximum absolute atomic E-state index is 4.51. The highest BCUT2D eigenvalue weighted by Crippen LogP contribution is 2.13. The van der Waals surface area contributed by atoms with Crippen molar-refractivity contribution in [2.45, 2.75) is 25.8 Å². The van der Waals surface area contributed by atoms with Crippen molar-refractivity contribution in [3.63, 3.8) is 0 Å². The lowest BCUT2D eigenvalue weighted by molar-refractivity contribution is 0.715. The van der Waals surface area contributed by atoms with Crippen LogP contribution in [0.4, 0.5) is 11.6 Å². The van der Waals surface area contributed by atoms with Gasteiger partial charge in [-0.25, -0.2) is 4.98 Å². The standard InChI is InChI=1S/C13H21N3/c1-5-6-8-11(2)14-12-9-7-10-13(15-12)16(3)4/h5,7,9-11H,1,6,8H2,2-4H3,(H,14,15). The Labute approximate surface area is 98.2 Å². The highest BCUT2D eigenvalue weighted by Gasteiger charge is 2.03. The van der Waals surface area contributed by atoms with Gasteiger partial charge in [0.2, 0.25) is 0 Å². The average molecular weight is 219 g/mol. The normalized spacial score (nSPS) is 11.9. The molecule has 1 N–H and O–H groups in total. The van der Waals surface area contributed by atoms with Crippen LogP contribution in [0.15, 0.2) is 30.9 Å². The Bertz CT molecular complexity index is 334. The van der Waals surface area contributed by atoms with Gasteiger partial charge >= 0.3 is 0 Å². The molecule has 1 rings (SSSR count). The molecule has 88 valence electrons. The van der Waals surface area contributed by atoms with E-state index in [2.05, 4.69) is 23.8 Å². The van der Waals surface area contributed by atoms with E-state index in [9.17, 15) is 0 Å². The number of anilines is 2. The van der Waals surface area contributed by atoms with Crippen LogP contribution in [0.2, 0.25) is 0 Å². The summed E-state index contributed by atoms with van der Waals surface area (Å²) >= 11 is 0. The van der Waals surface area contributed by atoms with E-state index in [0.717, 1.165) is 24.5 Å². The zero-order chi connectivity index (χ0) is 12.0. The topological polar surface area (TPSA) is 28.2 Å². The van der Waals surface area contributed by atoms with Gasteiger partial charge in [-0.05, 0) is 31.9 Å². The predicted molar refractivity (Wildman–Crippen MR) is 71.1 cm³/mol. The molecule has 1 aromatic heterocycles. The third kappa shape index (κ3) is 3.93. The summed E-state index contributed by atoms with van der Waals surface area (Å²) in [6.45, 7) is 5.89. The number of rotatable bonds is 6. The molecule has 0 saturated carbocycles. The summed E-state index contributed by atoms with van der Waals surface area (Å²) in [7, 11) is 3.99. The van der Waals surface area contributed by atoms with Crippen LogP contribution in [0, 0.1) is 0 Å². The second-order valence-corrected chi connectivity index (χ2v) is 4.19. The van der Waals surface area contributed by atoms with E-state index in [-0.39, 0.29) is 0 Å². The van der Waals surface area contributed by atoms with E-state index in [4.69, 9.17) is 0 Å². The Morgan fingerprint density at radius 2 is 2.25 bits per heavy atom. The van der Waals surface area contributed by atoms with E-state index in [1.807, 2.05) is 43.3 Å². The van der Waals surface area contributed by atoms with E-state index in [0.29, 0.717) is 6.04 Å². The fraction of sp³-hybridized carbons (Fsp3) is 0.462. The third-order valence-electron chi connectivity index (χ3n) is 2.39. The van der Waals surface area contributed by atoms with E-state index < -0.39 is 0 Å². The van der Waals surface area contributed by atoms with Gasteiger partial charge in [-0.15, -0.1) is 6.58 Å². The minimum absolute atomic E-state index is 0.419. The van der Waals surface area contributed by atoms with Crippen molar-refractivity contribution < 1.29 is 0 Å². The van der Waals surface area contributed by atoms with Crippen molar-refractivity contribution in [2.24, 2.45) is 0 Å². The summed E-state index contributed by atoms with van der Waals surface area (Å²) in [6, 6.07) is 6.44. The first kappa shape index (κ1) is 12.6. The smallest absolute Gasteiger partial charge is 0.130 e. The minimum atomic E-state index is 0.419. The van der Waals surface area contributed by atoms with E-state index in [1.165, 1.54) is 0 Å². The van der Waals surface area contributed by atoms with Crippen LogP contribution in [0.25, 0.3) is 0 Å². The van der Waals surface area contributed by atoms with Crippen molar-refractivity contribution in [1.82, 2.24) is 4.98 Å². The van der Waals surface area contributed by atoms with E-state index in [1.54, 1.807) is 0 Å². The lowest BCUT2D eigenvalue weighted by atomic mass is 10.2. The summed E-state index contributed by atoms with van der Waals surface area (Å²) in [5.41, 5.74) is 0. The maximum Gasteiger partial charge on any atom is 0.130 e. The highest BCUT2D eigenvalue weighted by atomic mass is 15.2. The van der Waals surface area contributed by atoms with Crippen LogP contribution in [0.1, 0.15) is 19.8 Å². The fourth-order valence-corrected chi connectivity index (χ4v) is 1.45. The number of pyridine rings is 1. The summed E-state index contributed by atoms with van der Waals surface area (Å²) in [5.74, 6) is 1.91. The van der Waals surface area contributed by atoms with Gasteiger partial charge in [0.05, 0.1) is 0 Å². The van der Waals surface area contributed by atoms with Crippen LogP contribution >= 0.6 is 0 Å². The molecule has 0 saturated heterocycles. The first-order valence-corrected chi connectivity index (χ1v) is 5.65. The van der Waals surface area contributed by atoms with E-state index >= 15 is 0 Å². The Morgan fingerprint density at radius 3 is 2.88 bits per heavy atom. The number of hydrogen-bond acceptors (Lipinski definition) is 3. The first-order chi connectivity index (χ1) is 7.63. The number of aromatic nitrogens is 1. The third-order valence-corrected chi connectivity index (χ3v) is 2.39. The van der Waals surface area contributed by atoms with Gasteiger partial charge in [0.1, 0.15) is 11.6 Å². The van der Waals surface area contributed by atoms with Crippen molar-refractivity contribution in [2.75, 3.05) is 24.3 Å². The average Bonchev–Trinajstić information content (AvgIpc) is 2.26. The molecule has 0 radical (unpaired) electrons. The van der Waals surface area contributed by atoms with Gasteiger partial charge in [-0.1, -0.05) is 12.1 Å². The molecule has 1 aromatic rings. The van der Waals surface area contributed by atoms with Crippen LogP contribution in [-0.4, -0.2) is 25.1 Å². The summed E-state index contributed by atoms with van der Waals surface area (Å²) in [5, 5.41) is 3.39. The molecule has 1 heterocycles.